The minimum atomic E-state index is -0.322. The molecule has 3 nitrogen and oxygen atoms in total. The molecule has 0 saturated carbocycles. The zero-order valence-electron chi connectivity index (χ0n) is 10.8. The average Bonchev–Trinajstić information content (AvgIpc) is 2.74. The van der Waals surface area contributed by atoms with Gasteiger partial charge < -0.3 is 0 Å². The van der Waals surface area contributed by atoms with Crippen LogP contribution in [0, 0.1) is 5.82 Å². The number of Topliss-reactive ketones (excluding diaryl/α,β-unsaturated/α-hetero) is 1. The summed E-state index contributed by atoms with van der Waals surface area (Å²) in [5.41, 5.74) is 2.24. The van der Waals surface area contributed by atoms with E-state index in [0.717, 1.165) is 17.7 Å². The van der Waals surface area contributed by atoms with Gasteiger partial charge in [-0.15, -0.1) is 0 Å². The molecule has 0 aliphatic carbocycles. The molecule has 5 heteroatoms. The molecule has 2 aromatic rings. The number of carbonyl (C=O) groups is 1. The predicted octanol–water partition coefficient (Wildman–Crippen LogP) is 3.31. The number of hydrogen-bond acceptors (Lipinski definition) is 2. The van der Waals surface area contributed by atoms with E-state index in [9.17, 15) is 9.18 Å². The lowest BCUT2D eigenvalue weighted by atomic mass is 10.1. The van der Waals surface area contributed by atoms with Crippen LogP contribution in [0.4, 0.5) is 4.39 Å². The van der Waals surface area contributed by atoms with Gasteiger partial charge in [-0.3, -0.25) is 9.48 Å². The van der Waals surface area contributed by atoms with Crippen molar-refractivity contribution >= 4 is 21.7 Å². The zero-order chi connectivity index (χ0) is 14.0. The van der Waals surface area contributed by atoms with E-state index in [1.807, 2.05) is 6.92 Å². The van der Waals surface area contributed by atoms with Crippen molar-refractivity contribution in [1.82, 2.24) is 9.78 Å². The quantitative estimate of drug-likeness (QED) is 0.809. The highest BCUT2D eigenvalue weighted by Gasteiger charge is 2.14. The van der Waals surface area contributed by atoms with Gasteiger partial charge in [0.1, 0.15) is 11.5 Å². The van der Waals surface area contributed by atoms with Crippen LogP contribution in [0.5, 0.6) is 0 Å². The van der Waals surface area contributed by atoms with Crippen LogP contribution in [0.1, 0.15) is 28.7 Å². The molecule has 19 heavy (non-hydrogen) atoms. The molecule has 0 aliphatic rings. The van der Waals surface area contributed by atoms with Gasteiger partial charge in [-0.05, 0) is 30.2 Å². The second-order valence-corrected chi connectivity index (χ2v) is 5.19. The highest BCUT2D eigenvalue weighted by molar-refractivity contribution is 9.10. The number of halogens is 2. The van der Waals surface area contributed by atoms with Crippen LogP contribution < -0.4 is 0 Å². The van der Waals surface area contributed by atoms with Crippen LogP contribution >= 0.6 is 15.9 Å². The fraction of sp³-hybridized carbons (Fsp3) is 0.286. The van der Waals surface area contributed by atoms with Gasteiger partial charge in [0.2, 0.25) is 0 Å². The van der Waals surface area contributed by atoms with Crippen LogP contribution in [0.25, 0.3) is 0 Å². The molecule has 0 spiro atoms. The molecule has 0 N–H and O–H groups in total. The first-order chi connectivity index (χ1) is 9.01. The first-order valence-corrected chi connectivity index (χ1v) is 6.80. The van der Waals surface area contributed by atoms with E-state index in [4.69, 9.17) is 0 Å². The highest BCUT2D eigenvalue weighted by Crippen LogP contribution is 2.20. The van der Waals surface area contributed by atoms with Crippen molar-refractivity contribution in [3.05, 3.63) is 51.5 Å². The van der Waals surface area contributed by atoms with Crippen molar-refractivity contribution in [2.75, 3.05) is 0 Å². The molecule has 2 rings (SSSR count). The fourth-order valence-electron chi connectivity index (χ4n) is 1.89. The van der Waals surface area contributed by atoms with Gasteiger partial charge in [-0.25, -0.2) is 4.39 Å². The molecule has 0 fully saturated rings. The van der Waals surface area contributed by atoms with E-state index in [0.29, 0.717) is 10.2 Å². The fourth-order valence-corrected chi connectivity index (χ4v) is 2.38. The lowest BCUT2D eigenvalue weighted by molar-refractivity contribution is 0.0984. The van der Waals surface area contributed by atoms with Crippen molar-refractivity contribution in [2.24, 2.45) is 7.05 Å². The van der Waals surface area contributed by atoms with Gasteiger partial charge >= 0.3 is 0 Å². The normalized spacial score (nSPS) is 10.7. The van der Waals surface area contributed by atoms with Crippen molar-refractivity contribution < 1.29 is 9.18 Å². The molecule has 1 heterocycles. The third kappa shape index (κ3) is 3.10. The van der Waals surface area contributed by atoms with Gasteiger partial charge in [0.15, 0.2) is 5.78 Å². The second-order valence-electron chi connectivity index (χ2n) is 4.33. The number of benzene rings is 1. The maximum Gasteiger partial charge on any atom is 0.185 e. The smallest absolute Gasteiger partial charge is 0.185 e. The molecular formula is C14H14BrFN2O. The third-order valence-corrected chi connectivity index (χ3v) is 3.68. The number of aromatic nitrogens is 2. The summed E-state index contributed by atoms with van der Waals surface area (Å²) in [7, 11) is 1.76. The topological polar surface area (TPSA) is 34.9 Å². The van der Waals surface area contributed by atoms with Crippen molar-refractivity contribution in [2.45, 2.75) is 19.8 Å². The van der Waals surface area contributed by atoms with E-state index >= 15 is 0 Å². The summed E-state index contributed by atoms with van der Waals surface area (Å²) in [6, 6.07) is 6.14. The standard InChI is InChI=1S/C14H14BrFN2O/c1-3-11-8-13(18(2)17-11)14(19)6-9-4-5-10(16)7-12(9)15/h4-5,7-8H,3,6H2,1-2H3. The van der Waals surface area contributed by atoms with Crippen molar-refractivity contribution in [1.29, 1.82) is 0 Å². The van der Waals surface area contributed by atoms with Gasteiger partial charge in [0.25, 0.3) is 0 Å². The molecule has 0 aliphatic heterocycles. The Morgan fingerprint density at radius 3 is 2.74 bits per heavy atom. The Balaban J connectivity index is 2.23. The Hall–Kier alpha value is -1.49. The first-order valence-electron chi connectivity index (χ1n) is 6.01. The SMILES string of the molecule is CCc1cc(C(=O)Cc2ccc(F)cc2Br)n(C)n1. The Kier molecular flexibility index (Phi) is 4.14. The van der Waals surface area contributed by atoms with Crippen LogP contribution in [-0.4, -0.2) is 15.6 Å². The molecule has 100 valence electrons. The van der Waals surface area contributed by atoms with E-state index < -0.39 is 0 Å². The largest absolute Gasteiger partial charge is 0.292 e. The number of aryl methyl sites for hydroxylation is 2. The second kappa shape index (κ2) is 5.65. The molecule has 1 aromatic carbocycles. The number of carbonyl (C=O) groups excluding carboxylic acids is 1. The van der Waals surface area contributed by atoms with Gasteiger partial charge in [-0.1, -0.05) is 28.9 Å². The summed E-state index contributed by atoms with van der Waals surface area (Å²) in [6.45, 7) is 1.99. The Bertz CT molecular complexity index is 622. The van der Waals surface area contributed by atoms with Crippen molar-refractivity contribution in [3.63, 3.8) is 0 Å². The number of hydrogen-bond donors (Lipinski definition) is 0. The minimum absolute atomic E-state index is 0.0259. The summed E-state index contributed by atoms with van der Waals surface area (Å²) in [5.74, 6) is -0.348. The van der Waals surface area contributed by atoms with E-state index in [2.05, 4.69) is 21.0 Å². The molecular weight excluding hydrogens is 311 g/mol. The molecule has 0 amide bonds. The molecule has 0 bridgehead atoms. The molecule has 0 saturated heterocycles. The Morgan fingerprint density at radius 1 is 1.42 bits per heavy atom. The zero-order valence-corrected chi connectivity index (χ0v) is 12.4. The lowest BCUT2D eigenvalue weighted by Gasteiger charge is -2.04. The third-order valence-electron chi connectivity index (χ3n) is 2.94. The number of ketones is 1. The summed E-state index contributed by atoms with van der Waals surface area (Å²) in [4.78, 5) is 12.2. The number of nitrogens with zero attached hydrogens (tertiary/aromatic N) is 2. The maximum absolute atomic E-state index is 13.0. The van der Waals surface area contributed by atoms with Crippen LogP contribution in [0.3, 0.4) is 0 Å². The predicted molar refractivity (Wildman–Crippen MR) is 74.7 cm³/mol. The van der Waals surface area contributed by atoms with Crippen LogP contribution in [0.2, 0.25) is 0 Å². The average molecular weight is 325 g/mol. The molecule has 1 aromatic heterocycles. The van der Waals surface area contributed by atoms with Crippen molar-refractivity contribution in [3.8, 4) is 0 Å². The van der Waals surface area contributed by atoms with Crippen LogP contribution in [0.15, 0.2) is 28.7 Å². The van der Waals surface area contributed by atoms with Gasteiger partial charge in [0, 0.05) is 17.9 Å². The Morgan fingerprint density at radius 2 is 2.16 bits per heavy atom. The Labute approximate surface area is 119 Å². The summed E-state index contributed by atoms with van der Waals surface area (Å²) >= 11 is 3.27. The minimum Gasteiger partial charge on any atom is -0.292 e. The van der Waals surface area contributed by atoms with Gasteiger partial charge in [-0.2, -0.15) is 5.10 Å². The van der Waals surface area contributed by atoms with Gasteiger partial charge in [0.05, 0.1) is 5.69 Å². The summed E-state index contributed by atoms with van der Waals surface area (Å²) in [5, 5.41) is 4.25. The molecule has 0 atom stereocenters. The number of rotatable bonds is 4. The van der Waals surface area contributed by atoms with E-state index in [1.54, 1.807) is 23.9 Å². The van der Waals surface area contributed by atoms with E-state index in [-0.39, 0.29) is 18.0 Å². The lowest BCUT2D eigenvalue weighted by Crippen LogP contribution is -2.10. The summed E-state index contributed by atoms with van der Waals surface area (Å²) < 4.78 is 15.2. The summed E-state index contributed by atoms with van der Waals surface area (Å²) in [6.07, 6.45) is 1.02. The van der Waals surface area contributed by atoms with E-state index in [1.165, 1.54) is 12.1 Å². The maximum atomic E-state index is 13.0. The highest BCUT2D eigenvalue weighted by atomic mass is 79.9. The van der Waals surface area contributed by atoms with Crippen LogP contribution in [-0.2, 0) is 19.9 Å². The molecule has 0 radical (unpaired) electrons. The monoisotopic (exact) mass is 324 g/mol. The molecule has 0 unspecified atom stereocenters. The first kappa shape index (κ1) is 13.9.